The molecule has 1 aromatic carbocycles. The fourth-order valence-corrected chi connectivity index (χ4v) is 1.59. The van der Waals surface area contributed by atoms with Crippen molar-refractivity contribution in [1.29, 1.82) is 5.26 Å². The van der Waals surface area contributed by atoms with Crippen molar-refractivity contribution < 1.29 is 0 Å². The summed E-state index contributed by atoms with van der Waals surface area (Å²) in [5.41, 5.74) is 7.73. The van der Waals surface area contributed by atoms with E-state index in [4.69, 9.17) is 22.6 Å². The van der Waals surface area contributed by atoms with E-state index in [1.165, 1.54) is 0 Å². The zero-order chi connectivity index (χ0) is 12.3. The quantitative estimate of drug-likeness (QED) is 0.775. The van der Waals surface area contributed by atoms with Crippen molar-refractivity contribution in [3.63, 3.8) is 0 Å². The van der Waals surface area contributed by atoms with E-state index in [0.29, 0.717) is 22.9 Å². The van der Waals surface area contributed by atoms with Gasteiger partial charge >= 0.3 is 0 Å². The van der Waals surface area contributed by atoms with Gasteiger partial charge in [-0.15, -0.1) is 0 Å². The molecule has 0 aliphatic carbocycles. The van der Waals surface area contributed by atoms with Crippen LogP contribution in [0.25, 0.3) is 0 Å². The lowest BCUT2D eigenvalue weighted by molar-refractivity contribution is 1.10. The van der Waals surface area contributed by atoms with Crippen molar-refractivity contribution in [2.75, 3.05) is 11.1 Å². The maximum Gasteiger partial charge on any atom is 0.123 e. The third-order valence-electron chi connectivity index (χ3n) is 2.32. The van der Waals surface area contributed by atoms with Gasteiger partial charge in [0.2, 0.25) is 0 Å². The summed E-state index contributed by atoms with van der Waals surface area (Å²) in [6.45, 7) is 0.499. The summed E-state index contributed by atoms with van der Waals surface area (Å²) in [7, 11) is 0. The van der Waals surface area contributed by atoms with Gasteiger partial charge in [-0.3, -0.25) is 5.10 Å². The number of aromatic amines is 1. The molecule has 0 bridgehead atoms. The van der Waals surface area contributed by atoms with Crippen LogP contribution in [0.4, 0.5) is 11.5 Å². The molecule has 0 atom stereocenters. The van der Waals surface area contributed by atoms with Crippen LogP contribution in [0, 0.1) is 11.3 Å². The Morgan fingerprint density at radius 1 is 1.53 bits per heavy atom. The van der Waals surface area contributed by atoms with Crippen LogP contribution in [-0.2, 0) is 6.54 Å². The van der Waals surface area contributed by atoms with Gasteiger partial charge in [-0.1, -0.05) is 11.6 Å². The lowest BCUT2D eigenvalue weighted by atomic mass is 10.2. The van der Waals surface area contributed by atoms with Gasteiger partial charge in [0, 0.05) is 17.1 Å². The molecule has 0 saturated heterocycles. The number of hydrogen-bond acceptors (Lipinski definition) is 4. The first kappa shape index (κ1) is 11.3. The highest BCUT2D eigenvalue weighted by Crippen LogP contribution is 2.20. The molecule has 1 heterocycles. The van der Waals surface area contributed by atoms with Crippen molar-refractivity contribution in [3.8, 4) is 6.07 Å². The molecule has 0 radical (unpaired) electrons. The smallest absolute Gasteiger partial charge is 0.123 e. The molecule has 5 nitrogen and oxygen atoms in total. The van der Waals surface area contributed by atoms with Crippen LogP contribution in [0.3, 0.4) is 0 Å². The second-order valence-electron chi connectivity index (χ2n) is 3.46. The highest BCUT2D eigenvalue weighted by Gasteiger charge is 2.05. The van der Waals surface area contributed by atoms with Gasteiger partial charge in [0.15, 0.2) is 0 Å². The number of anilines is 2. The largest absolute Gasteiger partial charge is 0.384 e. The summed E-state index contributed by atoms with van der Waals surface area (Å²) in [5.74, 6) is 0.518. The predicted molar refractivity (Wildman–Crippen MR) is 66.5 cm³/mol. The molecule has 0 aliphatic rings. The number of aromatic nitrogens is 2. The molecular formula is C11H10ClN5. The minimum Gasteiger partial charge on any atom is -0.384 e. The second-order valence-corrected chi connectivity index (χ2v) is 3.90. The number of rotatable bonds is 3. The van der Waals surface area contributed by atoms with E-state index in [1.54, 1.807) is 24.4 Å². The Kier molecular flexibility index (Phi) is 3.17. The summed E-state index contributed by atoms with van der Waals surface area (Å²) >= 11 is 5.81. The monoisotopic (exact) mass is 247 g/mol. The Morgan fingerprint density at radius 2 is 2.35 bits per heavy atom. The molecule has 0 unspecified atom stereocenters. The van der Waals surface area contributed by atoms with E-state index in [1.807, 2.05) is 0 Å². The number of nitrogens with one attached hydrogen (secondary N) is 2. The van der Waals surface area contributed by atoms with E-state index in [0.717, 1.165) is 11.3 Å². The van der Waals surface area contributed by atoms with Crippen molar-refractivity contribution >= 4 is 23.1 Å². The number of nitrogens with two attached hydrogens (primary N) is 1. The second kappa shape index (κ2) is 4.76. The van der Waals surface area contributed by atoms with Crippen LogP contribution >= 0.6 is 11.6 Å². The average molecular weight is 248 g/mol. The summed E-state index contributed by atoms with van der Waals surface area (Å²) < 4.78 is 0. The molecule has 0 amide bonds. The van der Waals surface area contributed by atoms with Gasteiger partial charge in [-0.2, -0.15) is 10.4 Å². The minimum atomic E-state index is 0.499. The molecule has 2 aromatic rings. The molecule has 6 heteroatoms. The van der Waals surface area contributed by atoms with Crippen LogP contribution in [0.5, 0.6) is 0 Å². The fraction of sp³-hybridized carbons (Fsp3) is 0.0909. The summed E-state index contributed by atoms with van der Waals surface area (Å²) in [5, 5.41) is 19.1. The Balaban J connectivity index is 2.15. The van der Waals surface area contributed by atoms with E-state index in [2.05, 4.69) is 21.6 Å². The number of H-pyrrole nitrogens is 1. The number of nitrogen functional groups attached to an aromatic ring is 1. The normalized spacial score (nSPS) is 9.88. The molecule has 1 aromatic heterocycles. The summed E-state index contributed by atoms with van der Waals surface area (Å²) in [4.78, 5) is 0. The van der Waals surface area contributed by atoms with Crippen molar-refractivity contribution in [1.82, 2.24) is 10.2 Å². The predicted octanol–water partition coefficient (Wildman–Crippen LogP) is 2.13. The Bertz CT molecular complexity index is 569. The molecule has 86 valence electrons. The zero-order valence-corrected chi connectivity index (χ0v) is 9.62. The van der Waals surface area contributed by atoms with Crippen LogP contribution in [-0.4, -0.2) is 10.2 Å². The van der Waals surface area contributed by atoms with Crippen LogP contribution in [0.15, 0.2) is 24.4 Å². The first-order chi connectivity index (χ1) is 8.20. The van der Waals surface area contributed by atoms with E-state index < -0.39 is 0 Å². The summed E-state index contributed by atoms with van der Waals surface area (Å²) in [6, 6.07) is 7.18. The van der Waals surface area contributed by atoms with Crippen LogP contribution < -0.4 is 11.1 Å². The number of nitriles is 1. The van der Waals surface area contributed by atoms with Crippen molar-refractivity contribution in [3.05, 3.63) is 40.5 Å². The number of halogens is 1. The number of benzene rings is 1. The highest BCUT2D eigenvalue weighted by atomic mass is 35.5. The van der Waals surface area contributed by atoms with Gasteiger partial charge in [0.1, 0.15) is 11.9 Å². The van der Waals surface area contributed by atoms with Crippen molar-refractivity contribution in [2.24, 2.45) is 0 Å². The first-order valence-electron chi connectivity index (χ1n) is 4.92. The molecule has 0 spiro atoms. The molecule has 2 rings (SSSR count). The SMILES string of the molecule is N#Cc1cc(Cl)ccc1NCc1cn[nH]c1N. The zero-order valence-electron chi connectivity index (χ0n) is 8.87. The Labute approximate surface area is 103 Å². The van der Waals surface area contributed by atoms with E-state index in [-0.39, 0.29) is 0 Å². The molecule has 4 N–H and O–H groups in total. The fourth-order valence-electron chi connectivity index (χ4n) is 1.42. The van der Waals surface area contributed by atoms with Crippen LogP contribution in [0.2, 0.25) is 5.02 Å². The molecular weight excluding hydrogens is 238 g/mol. The Hall–Kier alpha value is -2.19. The van der Waals surface area contributed by atoms with Crippen molar-refractivity contribution in [2.45, 2.75) is 6.54 Å². The van der Waals surface area contributed by atoms with Gasteiger partial charge in [-0.05, 0) is 18.2 Å². The molecule has 0 aliphatic heterocycles. The average Bonchev–Trinajstić information content (AvgIpc) is 2.73. The van der Waals surface area contributed by atoms with E-state index >= 15 is 0 Å². The maximum absolute atomic E-state index is 8.96. The Morgan fingerprint density at radius 3 is 3.00 bits per heavy atom. The van der Waals surface area contributed by atoms with Crippen LogP contribution in [0.1, 0.15) is 11.1 Å². The molecule has 17 heavy (non-hydrogen) atoms. The molecule has 0 saturated carbocycles. The third kappa shape index (κ3) is 2.49. The third-order valence-corrected chi connectivity index (χ3v) is 2.56. The molecule has 0 fully saturated rings. The number of nitrogens with zero attached hydrogens (tertiary/aromatic N) is 2. The van der Waals surface area contributed by atoms with Gasteiger partial charge in [0.25, 0.3) is 0 Å². The summed E-state index contributed by atoms with van der Waals surface area (Å²) in [6.07, 6.45) is 1.64. The minimum absolute atomic E-state index is 0.499. The first-order valence-corrected chi connectivity index (χ1v) is 5.29. The topological polar surface area (TPSA) is 90.5 Å². The van der Waals surface area contributed by atoms with Gasteiger partial charge < -0.3 is 11.1 Å². The van der Waals surface area contributed by atoms with Gasteiger partial charge in [-0.25, -0.2) is 0 Å². The number of hydrogen-bond donors (Lipinski definition) is 3. The van der Waals surface area contributed by atoms with E-state index in [9.17, 15) is 0 Å². The lowest BCUT2D eigenvalue weighted by Crippen LogP contribution is -2.02. The van der Waals surface area contributed by atoms with Gasteiger partial charge in [0.05, 0.1) is 17.4 Å². The highest BCUT2D eigenvalue weighted by molar-refractivity contribution is 6.30. The maximum atomic E-state index is 8.96. The lowest BCUT2D eigenvalue weighted by Gasteiger charge is -2.07. The standard InChI is InChI=1S/C11H10ClN5/c12-9-1-2-10(7(3-9)4-13)15-5-8-6-16-17-11(8)14/h1-3,6,15H,5H2,(H3,14,16,17).